The molecule has 2 aliphatic rings. The van der Waals surface area contributed by atoms with Crippen LogP contribution in [-0.4, -0.2) is 63.6 Å². The molecular formula is C18H24N4O3S. The Labute approximate surface area is 155 Å². The molecule has 2 aromatic heterocycles. The van der Waals surface area contributed by atoms with E-state index < -0.39 is 11.1 Å². The Morgan fingerprint density at radius 2 is 2.08 bits per heavy atom. The van der Waals surface area contributed by atoms with Crippen LogP contribution in [0.3, 0.4) is 0 Å². The monoisotopic (exact) mass is 376 g/mol. The van der Waals surface area contributed by atoms with E-state index in [9.17, 15) is 9.00 Å². The van der Waals surface area contributed by atoms with Crippen molar-refractivity contribution in [2.24, 2.45) is 7.05 Å². The lowest BCUT2D eigenvalue weighted by molar-refractivity contribution is 0.0781. The number of amides is 1. The summed E-state index contributed by atoms with van der Waals surface area (Å²) < 4.78 is 18.9. The molecule has 1 saturated heterocycles. The number of hydrogen-bond acceptors (Lipinski definition) is 5. The number of aromatic nitrogens is 2. The zero-order chi connectivity index (χ0) is 18.4. The first-order valence-electron chi connectivity index (χ1n) is 8.95. The van der Waals surface area contributed by atoms with Crippen molar-refractivity contribution < 1.29 is 13.2 Å². The number of carbonyl (C=O) groups is 1. The normalized spacial score (nSPS) is 22.0. The highest BCUT2D eigenvalue weighted by Crippen LogP contribution is 2.31. The van der Waals surface area contributed by atoms with Gasteiger partial charge in [-0.05, 0) is 25.0 Å². The Morgan fingerprint density at radius 3 is 2.85 bits per heavy atom. The number of pyridine rings is 1. The van der Waals surface area contributed by atoms with E-state index in [1.54, 1.807) is 11.2 Å². The molecule has 1 fully saturated rings. The van der Waals surface area contributed by atoms with Crippen LogP contribution in [0.5, 0.6) is 0 Å². The third-order valence-electron chi connectivity index (χ3n) is 5.36. The molecule has 2 aliphatic heterocycles. The van der Waals surface area contributed by atoms with E-state index in [1.165, 1.54) is 0 Å². The first kappa shape index (κ1) is 17.5. The number of likely N-dealkylation sites (N-methyl/N-ethyl adjacent to an activating group) is 1. The molecule has 2 atom stereocenters. The number of nitrogens with zero attached hydrogens (tertiary/aromatic N) is 4. The molecule has 2 unspecified atom stereocenters. The standard InChI is InChI=1S/C18H24N4O3S/c1-20-10-8-14-16(18(20)23)13-6-7-15(19-17(13)21(14)2)22-9-4-5-12(11-22)25-26(3)24/h6-7,12H,4-5,8-11H2,1-3H3. The van der Waals surface area contributed by atoms with E-state index in [2.05, 4.69) is 9.47 Å². The van der Waals surface area contributed by atoms with Crippen molar-refractivity contribution in [3.05, 3.63) is 23.4 Å². The molecule has 140 valence electrons. The summed E-state index contributed by atoms with van der Waals surface area (Å²) in [6.07, 6.45) is 4.27. The summed E-state index contributed by atoms with van der Waals surface area (Å²) in [5.41, 5.74) is 2.70. The number of hydrogen-bond donors (Lipinski definition) is 0. The zero-order valence-electron chi connectivity index (χ0n) is 15.4. The second kappa shape index (κ2) is 6.66. The van der Waals surface area contributed by atoms with E-state index in [4.69, 9.17) is 9.17 Å². The van der Waals surface area contributed by atoms with Gasteiger partial charge in [0.05, 0.1) is 11.7 Å². The van der Waals surface area contributed by atoms with Crippen molar-refractivity contribution in [1.82, 2.24) is 14.5 Å². The Balaban J connectivity index is 1.69. The fourth-order valence-electron chi connectivity index (χ4n) is 4.03. The molecule has 0 radical (unpaired) electrons. The van der Waals surface area contributed by atoms with Gasteiger partial charge in [0.25, 0.3) is 5.91 Å². The highest BCUT2D eigenvalue weighted by atomic mass is 32.2. The second-order valence-corrected chi connectivity index (χ2v) is 8.10. The summed E-state index contributed by atoms with van der Waals surface area (Å²) in [6.45, 7) is 2.33. The molecule has 26 heavy (non-hydrogen) atoms. The van der Waals surface area contributed by atoms with Crippen LogP contribution < -0.4 is 4.90 Å². The van der Waals surface area contributed by atoms with Crippen molar-refractivity contribution in [2.75, 3.05) is 37.8 Å². The minimum atomic E-state index is -1.26. The summed E-state index contributed by atoms with van der Waals surface area (Å²) in [5.74, 6) is 0.953. The first-order valence-corrected chi connectivity index (χ1v) is 10.4. The van der Waals surface area contributed by atoms with Gasteiger partial charge in [-0.3, -0.25) is 8.98 Å². The van der Waals surface area contributed by atoms with Gasteiger partial charge in [-0.2, -0.15) is 0 Å². The molecule has 0 aromatic carbocycles. The molecule has 4 rings (SSSR count). The zero-order valence-corrected chi connectivity index (χ0v) is 16.2. The maximum atomic E-state index is 12.6. The van der Waals surface area contributed by atoms with Gasteiger partial charge in [-0.15, -0.1) is 0 Å². The molecule has 0 N–H and O–H groups in total. The second-order valence-electron chi connectivity index (χ2n) is 7.11. The minimum absolute atomic E-state index is 0.0380. The SMILES string of the molecule is CN1CCc2c(c3ccc(N4CCCC(OS(C)=O)C4)nc3n2C)C1=O. The Morgan fingerprint density at radius 1 is 1.27 bits per heavy atom. The van der Waals surface area contributed by atoms with E-state index in [1.807, 2.05) is 26.2 Å². The third kappa shape index (κ3) is 2.91. The largest absolute Gasteiger partial charge is 0.354 e. The van der Waals surface area contributed by atoms with Crippen LogP contribution in [0.4, 0.5) is 5.82 Å². The maximum Gasteiger partial charge on any atom is 0.256 e. The van der Waals surface area contributed by atoms with Crippen LogP contribution in [0, 0.1) is 0 Å². The summed E-state index contributed by atoms with van der Waals surface area (Å²) in [7, 11) is 3.83. The van der Waals surface area contributed by atoms with Crippen LogP contribution in [0.25, 0.3) is 11.0 Å². The number of carbonyl (C=O) groups excluding carboxylic acids is 1. The third-order valence-corrected chi connectivity index (χ3v) is 5.90. The lowest BCUT2D eigenvalue weighted by Crippen LogP contribution is -2.40. The lowest BCUT2D eigenvalue weighted by atomic mass is 10.0. The Kier molecular flexibility index (Phi) is 4.48. The van der Waals surface area contributed by atoms with Crippen LogP contribution in [0.1, 0.15) is 28.9 Å². The van der Waals surface area contributed by atoms with E-state index in [0.717, 1.165) is 60.5 Å². The molecule has 8 heteroatoms. The highest BCUT2D eigenvalue weighted by Gasteiger charge is 2.29. The molecule has 0 spiro atoms. The van der Waals surface area contributed by atoms with Gasteiger partial charge in [0.1, 0.15) is 11.5 Å². The minimum Gasteiger partial charge on any atom is -0.354 e. The summed E-state index contributed by atoms with van der Waals surface area (Å²) >= 11 is -1.26. The van der Waals surface area contributed by atoms with Crippen LogP contribution >= 0.6 is 0 Å². The molecule has 0 bridgehead atoms. The predicted octanol–water partition coefficient (Wildman–Crippen LogP) is 1.48. The van der Waals surface area contributed by atoms with Gasteiger partial charge in [0.2, 0.25) is 0 Å². The summed E-state index contributed by atoms with van der Waals surface area (Å²) in [6, 6.07) is 3.99. The van der Waals surface area contributed by atoms with Crippen LogP contribution in [0.2, 0.25) is 0 Å². The number of anilines is 1. The van der Waals surface area contributed by atoms with Crippen LogP contribution in [-0.2, 0) is 28.7 Å². The quantitative estimate of drug-likeness (QED) is 0.812. The van der Waals surface area contributed by atoms with Crippen molar-refractivity contribution >= 4 is 33.8 Å². The van der Waals surface area contributed by atoms with E-state index >= 15 is 0 Å². The average molecular weight is 376 g/mol. The Hall–Kier alpha value is -1.93. The number of fused-ring (bicyclic) bond motifs is 3. The lowest BCUT2D eigenvalue weighted by Gasteiger charge is -2.32. The smallest absolute Gasteiger partial charge is 0.256 e. The highest BCUT2D eigenvalue weighted by molar-refractivity contribution is 7.79. The number of rotatable bonds is 3. The number of aryl methyl sites for hydroxylation is 1. The molecule has 0 saturated carbocycles. The fraction of sp³-hybridized carbons (Fsp3) is 0.556. The van der Waals surface area contributed by atoms with Crippen molar-refractivity contribution in [1.29, 1.82) is 0 Å². The van der Waals surface area contributed by atoms with Gasteiger partial charge in [-0.25, -0.2) is 9.19 Å². The topological polar surface area (TPSA) is 67.7 Å². The molecular weight excluding hydrogens is 352 g/mol. The van der Waals surface area contributed by atoms with Gasteiger partial charge in [0.15, 0.2) is 11.1 Å². The van der Waals surface area contributed by atoms with Gasteiger partial charge in [0, 0.05) is 57.5 Å². The Bertz CT molecular complexity index is 894. The molecule has 1 amide bonds. The van der Waals surface area contributed by atoms with Crippen molar-refractivity contribution in [3.8, 4) is 0 Å². The van der Waals surface area contributed by atoms with Crippen molar-refractivity contribution in [3.63, 3.8) is 0 Å². The fourth-order valence-corrected chi connectivity index (χ4v) is 4.57. The van der Waals surface area contributed by atoms with Crippen LogP contribution in [0.15, 0.2) is 12.1 Å². The molecule has 7 nitrogen and oxygen atoms in total. The van der Waals surface area contributed by atoms with E-state index in [0.29, 0.717) is 6.54 Å². The summed E-state index contributed by atoms with van der Waals surface area (Å²) in [4.78, 5) is 21.4. The first-order chi connectivity index (χ1) is 12.5. The summed E-state index contributed by atoms with van der Waals surface area (Å²) in [5, 5.41) is 0.919. The predicted molar refractivity (Wildman–Crippen MR) is 102 cm³/mol. The molecule has 2 aromatic rings. The molecule has 0 aliphatic carbocycles. The van der Waals surface area contributed by atoms with Gasteiger partial charge in [-0.1, -0.05) is 0 Å². The van der Waals surface area contributed by atoms with Gasteiger partial charge < -0.3 is 14.4 Å². The maximum absolute atomic E-state index is 12.6. The molecule has 4 heterocycles. The van der Waals surface area contributed by atoms with Gasteiger partial charge >= 0.3 is 0 Å². The average Bonchev–Trinajstić information content (AvgIpc) is 2.90. The van der Waals surface area contributed by atoms with E-state index in [-0.39, 0.29) is 12.0 Å². The number of piperidine rings is 1. The van der Waals surface area contributed by atoms with Crippen molar-refractivity contribution in [2.45, 2.75) is 25.4 Å².